The Morgan fingerprint density at radius 3 is 2.31 bits per heavy atom. The molecule has 0 aliphatic carbocycles. The third-order valence-corrected chi connectivity index (χ3v) is 2.87. The van der Waals surface area contributed by atoms with Crippen molar-refractivity contribution in [1.82, 2.24) is 0 Å². The maximum absolute atomic E-state index is 4.09. The van der Waals surface area contributed by atoms with Crippen LogP contribution in [0, 0.1) is 5.92 Å². The number of rotatable bonds is 8. The van der Waals surface area contributed by atoms with E-state index >= 15 is 0 Å². The van der Waals surface area contributed by atoms with E-state index in [2.05, 4.69) is 27.4 Å². The fraction of sp³-hybridized carbons (Fsp3) is 0.846. The van der Waals surface area contributed by atoms with Gasteiger partial charge >= 0.3 is 0 Å². The molecule has 0 radical (unpaired) electrons. The molecule has 0 saturated heterocycles. The third-order valence-electron chi connectivity index (χ3n) is 2.87. The Bertz CT molecular complexity index is 124. The van der Waals surface area contributed by atoms with Crippen molar-refractivity contribution >= 4 is 0 Å². The van der Waals surface area contributed by atoms with Gasteiger partial charge in [-0.05, 0) is 18.8 Å². The number of hydrogen-bond acceptors (Lipinski definition) is 0. The van der Waals surface area contributed by atoms with Crippen LogP contribution < -0.4 is 0 Å². The van der Waals surface area contributed by atoms with Gasteiger partial charge in [-0.1, -0.05) is 65.0 Å². The largest absolute Gasteiger partial charge is 0.0999 e. The van der Waals surface area contributed by atoms with Crippen LogP contribution in [-0.2, 0) is 0 Å². The molecule has 0 heteroatoms. The van der Waals surface area contributed by atoms with Gasteiger partial charge in [-0.3, -0.25) is 0 Å². The van der Waals surface area contributed by atoms with Crippen molar-refractivity contribution in [3.8, 4) is 0 Å². The molecule has 0 aromatic rings. The summed E-state index contributed by atoms with van der Waals surface area (Å²) in [5.41, 5.74) is 1.43. The highest BCUT2D eigenvalue weighted by Crippen LogP contribution is 2.22. The molecule has 0 aliphatic heterocycles. The lowest BCUT2D eigenvalue weighted by molar-refractivity contribution is 0.438. The minimum absolute atomic E-state index is 0.902. The summed E-state index contributed by atoms with van der Waals surface area (Å²) in [4.78, 5) is 0. The van der Waals surface area contributed by atoms with Crippen LogP contribution in [0.3, 0.4) is 0 Å². The van der Waals surface area contributed by atoms with E-state index in [0.29, 0.717) is 0 Å². The second-order valence-corrected chi connectivity index (χ2v) is 4.08. The second-order valence-electron chi connectivity index (χ2n) is 4.08. The molecule has 1 unspecified atom stereocenters. The lowest BCUT2D eigenvalue weighted by atomic mass is 9.91. The zero-order valence-corrected chi connectivity index (χ0v) is 9.73. The number of allylic oxidation sites excluding steroid dienone is 1. The Morgan fingerprint density at radius 1 is 1.15 bits per heavy atom. The van der Waals surface area contributed by atoms with Crippen LogP contribution >= 0.6 is 0 Å². The standard InChI is InChI=1S/C13H26/c1-5-8-9-10-13(7-3)11-12(4)6-2/h13H,4-11H2,1-3H3. The first-order chi connectivity index (χ1) is 6.24. The van der Waals surface area contributed by atoms with Crippen molar-refractivity contribution in [2.75, 3.05) is 0 Å². The van der Waals surface area contributed by atoms with Gasteiger partial charge in [0, 0.05) is 0 Å². The average Bonchev–Trinajstić information content (AvgIpc) is 2.16. The van der Waals surface area contributed by atoms with Crippen molar-refractivity contribution in [1.29, 1.82) is 0 Å². The quantitative estimate of drug-likeness (QED) is 0.368. The van der Waals surface area contributed by atoms with E-state index in [1.165, 1.54) is 44.1 Å². The van der Waals surface area contributed by atoms with E-state index in [-0.39, 0.29) is 0 Å². The maximum Gasteiger partial charge on any atom is -0.0295 e. The molecule has 0 rings (SSSR count). The topological polar surface area (TPSA) is 0 Å². The van der Waals surface area contributed by atoms with Crippen LogP contribution in [0.25, 0.3) is 0 Å². The van der Waals surface area contributed by atoms with E-state index in [0.717, 1.165) is 12.3 Å². The van der Waals surface area contributed by atoms with Gasteiger partial charge in [-0.2, -0.15) is 0 Å². The average molecular weight is 182 g/mol. The highest BCUT2D eigenvalue weighted by atomic mass is 14.1. The minimum Gasteiger partial charge on any atom is -0.0999 e. The highest BCUT2D eigenvalue weighted by molar-refractivity contribution is 4.94. The molecule has 1 atom stereocenters. The molecule has 0 saturated carbocycles. The molecule has 0 spiro atoms. The zero-order chi connectivity index (χ0) is 10.1. The lowest BCUT2D eigenvalue weighted by Crippen LogP contribution is -2.00. The number of hydrogen-bond donors (Lipinski definition) is 0. The molecule has 0 bridgehead atoms. The Morgan fingerprint density at radius 2 is 1.85 bits per heavy atom. The molecule has 0 heterocycles. The van der Waals surface area contributed by atoms with Crippen LogP contribution in [0.15, 0.2) is 12.2 Å². The first-order valence-electron chi connectivity index (χ1n) is 5.91. The lowest BCUT2D eigenvalue weighted by Gasteiger charge is -2.15. The summed E-state index contributed by atoms with van der Waals surface area (Å²) in [6, 6.07) is 0. The van der Waals surface area contributed by atoms with E-state index in [1.54, 1.807) is 0 Å². The van der Waals surface area contributed by atoms with Crippen LogP contribution in [0.5, 0.6) is 0 Å². The van der Waals surface area contributed by atoms with E-state index in [9.17, 15) is 0 Å². The fourth-order valence-electron chi connectivity index (χ4n) is 1.69. The van der Waals surface area contributed by atoms with Crippen LogP contribution in [0.1, 0.15) is 65.7 Å². The van der Waals surface area contributed by atoms with E-state index < -0.39 is 0 Å². The van der Waals surface area contributed by atoms with E-state index in [4.69, 9.17) is 0 Å². The minimum atomic E-state index is 0.902. The van der Waals surface area contributed by atoms with Crippen molar-refractivity contribution in [2.45, 2.75) is 65.7 Å². The molecule has 13 heavy (non-hydrogen) atoms. The molecule has 0 N–H and O–H groups in total. The monoisotopic (exact) mass is 182 g/mol. The molecule has 0 aromatic heterocycles. The van der Waals surface area contributed by atoms with Gasteiger partial charge in [-0.25, -0.2) is 0 Å². The maximum atomic E-state index is 4.09. The predicted molar refractivity (Wildman–Crippen MR) is 62.0 cm³/mol. The Kier molecular flexibility index (Phi) is 8.18. The molecular weight excluding hydrogens is 156 g/mol. The van der Waals surface area contributed by atoms with Gasteiger partial charge in [0.25, 0.3) is 0 Å². The summed E-state index contributed by atoms with van der Waals surface area (Å²) < 4.78 is 0. The molecule has 0 fully saturated rings. The van der Waals surface area contributed by atoms with Crippen molar-refractivity contribution < 1.29 is 0 Å². The fourth-order valence-corrected chi connectivity index (χ4v) is 1.69. The molecule has 78 valence electrons. The normalized spacial score (nSPS) is 12.8. The van der Waals surface area contributed by atoms with Crippen LogP contribution in [-0.4, -0.2) is 0 Å². The molecule has 0 aromatic carbocycles. The number of unbranched alkanes of at least 4 members (excludes halogenated alkanes) is 2. The highest BCUT2D eigenvalue weighted by Gasteiger charge is 2.06. The van der Waals surface area contributed by atoms with Crippen LogP contribution in [0.4, 0.5) is 0 Å². The van der Waals surface area contributed by atoms with Gasteiger partial charge in [0.1, 0.15) is 0 Å². The molecule has 0 aliphatic rings. The second kappa shape index (κ2) is 8.34. The van der Waals surface area contributed by atoms with Crippen molar-refractivity contribution in [2.24, 2.45) is 5.92 Å². The van der Waals surface area contributed by atoms with Gasteiger partial charge in [0.2, 0.25) is 0 Å². The Labute approximate surface area is 84.4 Å². The first kappa shape index (κ1) is 12.7. The summed E-state index contributed by atoms with van der Waals surface area (Å²) >= 11 is 0. The zero-order valence-electron chi connectivity index (χ0n) is 9.73. The molecule has 0 amide bonds. The Balaban J connectivity index is 3.56. The van der Waals surface area contributed by atoms with Crippen LogP contribution in [0.2, 0.25) is 0 Å². The SMILES string of the molecule is C=C(CC)CC(CC)CCCCC. The van der Waals surface area contributed by atoms with Crippen molar-refractivity contribution in [3.63, 3.8) is 0 Å². The molecule has 0 nitrogen and oxygen atoms in total. The summed E-state index contributed by atoms with van der Waals surface area (Å²) in [5.74, 6) is 0.902. The predicted octanol–water partition coefficient (Wildman–Crippen LogP) is 4.95. The van der Waals surface area contributed by atoms with Gasteiger partial charge in [0.15, 0.2) is 0 Å². The van der Waals surface area contributed by atoms with Gasteiger partial charge < -0.3 is 0 Å². The van der Waals surface area contributed by atoms with Gasteiger partial charge in [0.05, 0.1) is 0 Å². The Hall–Kier alpha value is -0.260. The van der Waals surface area contributed by atoms with Crippen molar-refractivity contribution in [3.05, 3.63) is 12.2 Å². The summed E-state index contributed by atoms with van der Waals surface area (Å²) in [6.07, 6.45) is 9.29. The summed E-state index contributed by atoms with van der Waals surface area (Å²) in [5, 5.41) is 0. The smallest absolute Gasteiger partial charge is 0.0295 e. The molecular formula is C13H26. The summed E-state index contributed by atoms with van der Waals surface area (Å²) in [6.45, 7) is 10.9. The first-order valence-corrected chi connectivity index (χ1v) is 5.91. The van der Waals surface area contributed by atoms with Gasteiger partial charge in [-0.15, -0.1) is 0 Å². The third kappa shape index (κ3) is 6.86. The van der Waals surface area contributed by atoms with E-state index in [1.807, 2.05) is 0 Å². The summed E-state index contributed by atoms with van der Waals surface area (Å²) in [7, 11) is 0.